The standard InChI is InChI=1S/C28H24FNO5/c1-3-23(31)26-22-15-19(9-12-24(22)35-27(26)17-7-10-21(29)11-8-17)18-5-4-6-20(14-18)28(34)30-16(2)13-25(32)33/h4-12,14-16H,3,13H2,1-2H3,(H,30,34)(H,32,33). The minimum Gasteiger partial charge on any atom is -0.481 e. The molecule has 0 saturated carbocycles. The minimum absolute atomic E-state index is 0.0965. The Bertz CT molecular complexity index is 1420. The zero-order chi connectivity index (χ0) is 25.1. The van der Waals surface area contributed by atoms with E-state index in [0.717, 1.165) is 11.1 Å². The fourth-order valence-corrected chi connectivity index (χ4v) is 4.00. The number of aliphatic carboxylic acids is 1. The maximum atomic E-state index is 13.4. The van der Waals surface area contributed by atoms with Crippen LogP contribution < -0.4 is 5.32 Å². The molecule has 4 aromatic rings. The Morgan fingerprint density at radius 2 is 1.66 bits per heavy atom. The summed E-state index contributed by atoms with van der Waals surface area (Å²) in [6, 6.07) is 17.7. The molecule has 1 heterocycles. The summed E-state index contributed by atoms with van der Waals surface area (Å²) in [5.41, 5.74) is 3.50. The average molecular weight is 474 g/mol. The highest BCUT2D eigenvalue weighted by molar-refractivity contribution is 6.12. The van der Waals surface area contributed by atoms with E-state index in [9.17, 15) is 18.8 Å². The molecule has 1 atom stereocenters. The third-order valence-electron chi connectivity index (χ3n) is 5.71. The normalized spacial score (nSPS) is 11.9. The Labute approximate surface area is 201 Å². The first-order valence-corrected chi connectivity index (χ1v) is 11.3. The SMILES string of the molecule is CCC(=O)c1c(-c2ccc(F)cc2)oc2ccc(-c3cccc(C(=O)NC(C)CC(=O)O)c3)cc12. The molecule has 4 rings (SSSR count). The Kier molecular flexibility index (Phi) is 6.78. The van der Waals surface area contributed by atoms with Crippen molar-refractivity contribution in [2.24, 2.45) is 0 Å². The van der Waals surface area contributed by atoms with Crippen LogP contribution in [0.4, 0.5) is 4.39 Å². The summed E-state index contributed by atoms with van der Waals surface area (Å²) < 4.78 is 19.5. The number of hydrogen-bond acceptors (Lipinski definition) is 4. The number of carbonyl (C=O) groups excluding carboxylic acids is 2. The second-order valence-electron chi connectivity index (χ2n) is 8.35. The van der Waals surface area contributed by atoms with Gasteiger partial charge in [0, 0.05) is 29.0 Å². The van der Waals surface area contributed by atoms with Crippen molar-refractivity contribution in [3.8, 4) is 22.5 Å². The molecule has 35 heavy (non-hydrogen) atoms. The van der Waals surface area contributed by atoms with Crippen LogP contribution in [0.1, 0.15) is 47.4 Å². The predicted octanol–water partition coefficient (Wildman–Crippen LogP) is 6.09. The van der Waals surface area contributed by atoms with Gasteiger partial charge in [0.1, 0.15) is 17.2 Å². The first kappa shape index (κ1) is 23.9. The van der Waals surface area contributed by atoms with Crippen LogP contribution in [-0.4, -0.2) is 28.8 Å². The van der Waals surface area contributed by atoms with Gasteiger partial charge in [0.2, 0.25) is 0 Å². The molecule has 178 valence electrons. The summed E-state index contributed by atoms with van der Waals surface area (Å²) >= 11 is 0. The van der Waals surface area contributed by atoms with Crippen molar-refractivity contribution in [1.29, 1.82) is 0 Å². The lowest BCUT2D eigenvalue weighted by atomic mass is 9.97. The maximum absolute atomic E-state index is 13.4. The topological polar surface area (TPSA) is 96.6 Å². The molecule has 3 aromatic carbocycles. The van der Waals surface area contributed by atoms with Gasteiger partial charge in [0.25, 0.3) is 5.91 Å². The second-order valence-corrected chi connectivity index (χ2v) is 8.35. The van der Waals surface area contributed by atoms with E-state index in [1.807, 2.05) is 18.2 Å². The molecule has 0 spiro atoms. The van der Waals surface area contributed by atoms with Crippen LogP contribution in [0.25, 0.3) is 33.4 Å². The van der Waals surface area contributed by atoms with E-state index in [4.69, 9.17) is 9.52 Å². The van der Waals surface area contributed by atoms with Crippen LogP contribution in [0, 0.1) is 5.82 Å². The van der Waals surface area contributed by atoms with Crippen LogP contribution in [0.15, 0.2) is 71.1 Å². The van der Waals surface area contributed by atoms with Crippen molar-refractivity contribution in [2.75, 3.05) is 0 Å². The molecule has 1 aromatic heterocycles. The number of carboxylic acids is 1. The molecule has 6 nitrogen and oxygen atoms in total. The lowest BCUT2D eigenvalue weighted by molar-refractivity contribution is -0.137. The van der Waals surface area contributed by atoms with Crippen LogP contribution in [0.3, 0.4) is 0 Å². The third-order valence-corrected chi connectivity index (χ3v) is 5.71. The molecular formula is C28H24FNO5. The van der Waals surface area contributed by atoms with Gasteiger partial charge in [-0.2, -0.15) is 0 Å². The van der Waals surface area contributed by atoms with E-state index in [1.165, 1.54) is 12.1 Å². The highest BCUT2D eigenvalue weighted by atomic mass is 19.1. The number of halogens is 1. The molecule has 1 unspecified atom stereocenters. The summed E-state index contributed by atoms with van der Waals surface area (Å²) in [5, 5.41) is 12.2. The van der Waals surface area contributed by atoms with Gasteiger partial charge in [-0.25, -0.2) is 4.39 Å². The van der Waals surface area contributed by atoms with Gasteiger partial charge < -0.3 is 14.8 Å². The van der Waals surface area contributed by atoms with Crippen molar-refractivity contribution >= 4 is 28.6 Å². The van der Waals surface area contributed by atoms with Crippen LogP contribution in [0.2, 0.25) is 0 Å². The zero-order valence-corrected chi connectivity index (χ0v) is 19.3. The fraction of sp³-hybridized carbons (Fsp3) is 0.179. The number of furan rings is 1. The Morgan fingerprint density at radius 1 is 0.971 bits per heavy atom. The molecule has 0 bridgehead atoms. The molecule has 0 saturated heterocycles. The fourth-order valence-electron chi connectivity index (χ4n) is 4.00. The number of benzene rings is 3. The highest BCUT2D eigenvalue weighted by Gasteiger charge is 2.22. The van der Waals surface area contributed by atoms with Gasteiger partial charge in [0.15, 0.2) is 5.78 Å². The molecule has 0 fully saturated rings. The average Bonchev–Trinajstić information content (AvgIpc) is 3.22. The number of ketones is 1. The largest absolute Gasteiger partial charge is 0.481 e. The first-order valence-electron chi connectivity index (χ1n) is 11.3. The van der Waals surface area contributed by atoms with Crippen molar-refractivity contribution in [2.45, 2.75) is 32.7 Å². The van der Waals surface area contributed by atoms with Crippen molar-refractivity contribution < 1.29 is 28.3 Å². The zero-order valence-electron chi connectivity index (χ0n) is 19.3. The number of hydrogen-bond donors (Lipinski definition) is 2. The Hall–Kier alpha value is -4.26. The molecular weight excluding hydrogens is 449 g/mol. The maximum Gasteiger partial charge on any atom is 0.305 e. The molecule has 1 amide bonds. The van der Waals surface area contributed by atoms with Gasteiger partial charge in [-0.05, 0) is 66.6 Å². The van der Waals surface area contributed by atoms with Gasteiger partial charge in [0.05, 0.1) is 12.0 Å². The summed E-state index contributed by atoms with van der Waals surface area (Å²) in [6.45, 7) is 3.40. The number of nitrogens with one attached hydrogen (secondary N) is 1. The van der Waals surface area contributed by atoms with Crippen LogP contribution >= 0.6 is 0 Å². The number of Topliss-reactive ketones (excluding diaryl/α,β-unsaturated/α-hetero) is 1. The molecule has 0 aliphatic heterocycles. The minimum atomic E-state index is -0.989. The monoisotopic (exact) mass is 473 g/mol. The summed E-state index contributed by atoms with van der Waals surface area (Å²) in [6.07, 6.45) is 0.102. The van der Waals surface area contributed by atoms with E-state index in [2.05, 4.69) is 5.32 Å². The van der Waals surface area contributed by atoms with Gasteiger partial charge in [-0.3, -0.25) is 14.4 Å². The molecule has 7 heteroatoms. The van der Waals surface area contributed by atoms with Crippen molar-refractivity contribution in [3.63, 3.8) is 0 Å². The van der Waals surface area contributed by atoms with Crippen LogP contribution in [0.5, 0.6) is 0 Å². The smallest absolute Gasteiger partial charge is 0.305 e. The Balaban J connectivity index is 1.74. The Morgan fingerprint density at radius 3 is 2.34 bits per heavy atom. The van der Waals surface area contributed by atoms with Gasteiger partial charge >= 0.3 is 5.97 Å². The number of carbonyl (C=O) groups is 3. The van der Waals surface area contributed by atoms with Crippen LogP contribution in [-0.2, 0) is 4.79 Å². The quantitative estimate of drug-likeness (QED) is 0.302. The summed E-state index contributed by atoms with van der Waals surface area (Å²) in [4.78, 5) is 36.4. The number of amides is 1. The molecule has 0 radical (unpaired) electrons. The third kappa shape index (κ3) is 5.14. The second kappa shape index (κ2) is 9.93. The lowest BCUT2D eigenvalue weighted by Gasteiger charge is -2.12. The van der Waals surface area contributed by atoms with E-state index >= 15 is 0 Å². The lowest BCUT2D eigenvalue weighted by Crippen LogP contribution is -2.34. The van der Waals surface area contributed by atoms with E-state index in [0.29, 0.717) is 33.4 Å². The first-order chi connectivity index (χ1) is 16.8. The van der Waals surface area contributed by atoms with E-state index < -0.39 is 12.0 Å². The summed E-state index contributed by atoms with van der Waals surface area (Å²) in [7, 11) is 0. The number of carboxylic acid groups (broad SMARTS) is 1. The number of rotatable bonds is 8. The predicted molar refractivity (Wildman–Crippen MR) is 131 cm³/mol. The summed E-state index contributed by atoms with van der Waals surface area (Å²) in [5.74, 6) is -1.44. The van der Waals surface area contributed by atoms with Gasteiger partial charge in [-0.1, -0.05) is 25.1 Å². The number of fused-ring (bicyclic) bond motifs is 1. The van der Waals surface area contributed by atoms with Crippen molar-refractivity contribution in [1.82, 2.24) is 5.32 Å². The molecule has 2 N–H and O–H groups in total. The molecule has 0 aliphatic carbocycles. The molecule has 0 aliphatic rings. The van der Waals surface area contributed by atoms with E-state index in [-0.39, 0.29) is 30.3 Å². The van der Waals surface area contributed by atoms with E-state index in [1.54, 1.807) is 50.2 Å². The van der Waals surface area contributed by atoms with Gasteiger partial charge in [-0.15, -0.1) is 0 Å². The van der Waals surface area contributed by atoms with Crippen molar-refractivity contribution in [3.05, 3.63) is 83.7 Å². The highest BCUT2D eigenvalue weighted by Crippen LogP contribution is 2.37.